The average Bonchev–Trinajstić information content (AvgIpc) is 2.98. The Morgan fingerprint density at radius 3 is 2.67 bits per heavy atom. The van der Waals surface area contributed by atoms with E-state index in [1.807, 2.05) is 18.0 Å². The van der Waals surface area contributed by atoms with Gasteiger partial charge in [-0.3, -0.25) is 4.79 Å². The Hall–Kier alpha value is -1.62. The van der Waals surface area contributed by atoms with E-state index in [0.717, 1.165) is 12.2 Å². The molecular weight excluding hydrogens is 264 g/mol. The van der Waals surface area contributed by atoms with E-state index in [1.165, 1.54) is 25.7 Å². The molecule has 0 unspecified atom stereocenters. The van der Waals surface area contributed by atoms with Crippen molar-refractivity contribution in [2.24, 2.45) is 11.8 Å². The minimum atomic E-state index is 0.0442. The summed E-state index contributed by atoms with van der Waals surface area (Å²) in [6.45, 7) is 4.95. The summed E-state index contributed by atoms with van der Waals surface area (Å²) in [5.74, 6) is 6.95. The molecule has 1 aliphatic rings. The number of hydrogen-bond donors (Lipinski definition) is 2. The number of nitrogens with zero attached hydrogens (tertiary/aromatic N) is 2. The van der Waals surface area contributed by atoms with Gasteiger partial charge in [0.1, 0.15) is 5.82 Å². The van der Waals surface area contributed by atoms with Crippen molar-refractivity contribution in [3.63, 3.8) is 0 Å². The van der Waals surface area contributed by atoms with Gasteiger partial charge in [0, 0.05) is 24.8 Å². The molecule has 116 valence electrons. The van der Waals surface area contributed by atoms with Crippen LogP contribution in [0.5, 0.6) is 0 Å². The lowest BCUT2D eigenvalue weighted by atomic mass is 10.1. The van der Waals surface area contributed by atoms with Crippen LogP contribution in [0.2, 0.25) is 0 Å². The molecule has 1 amide bonds. The summed E-state index contributed by atoms with van der Waals surface area (Å²) in [4.78, 5) is 18.8. The predicted molar refractivity (Wildman–Crippen MR) is 85.1 cm³/mol. The first-order valence-electron chi connectivity index (χ1n) is 7.75. The molecule has 0 saturated heterocycles. The Kier molecular flexibility index (Phi) is 5.17. The van der Waals surface area contributed by atoms with Crippen LogP contribution in [0.15, 0.2) is 12.1 Å². The van der Waals surface area contributed by atoms with Gasteiger partial charge in [0.25, 0.3) is 5.91 Å². The molecule has 1 fully saturated rings. The first kappa shape index (κ1) is 15.8. The van der Waals surface area contributed by atoms with Crippen molar-refractivity contribution in [1.29, 1.82) is 0 Å². The second-order valence-electron chi connectivity index (χ2n) is 6.30. The van der Waals surface area contributed by atoms with Crippen molar-refractivity contribution >= 4 is 11.7 Å². The fraction of sp³-hybridized carbons (Fsp3) is 0.625. The largest absolute Gasteiger partial charge is 0.341 e. The molecular formula is C16H26N4O. The van der Waals surface area contributed by atoms with Gasteiger partial charge in [-0.25, -0.2) is 10.8 Å². The SMILES string of the molecule is CC(C)c1cc(C(=O)N(C)CC2CCCC2)cc(NN)n1. The molecule has 5 nitrogen and oxygen atoms in total. The molecule has 0 aliphatic heterocycles. The smallest absolute Gasteiger partial charge is 0.253 e. The van der Waals surface area contributed by atoms with Crippen LogP contribution in [-0.4, -0.2) is 29.4 Å². The second kappa shape index (κ2) is 6.89. The van der Waals surface area contributed by atoms with Crippen LogP contribution >= 0.6 is 0 Å². The summed E-state index contributed by atoms with van der Waals surface area (Å²) in [5.41, 5.74) is 4.08. The number of rotatable bonds is 5. The normalized spacial score (nSPS) is 15.5. The van der Waals surface area contributed by atoms with E-state index in [-0.39, 0.29) is 11.8 Å². The Labute approximate surface area is 126 Å². The fourth-order valence-corrected chi connectivity index (χ4v) is 2.93. The van der Waals surface area contributed by atoms with Crippen LogP contribution in [0.25, 0.3) is 0 Å². The lowest BCUT2D eigenvalue weighted by Crippen LogP contribution is -2.31. The third kappa shape index (κ3) is 3.94. The number of nitrogen functional groups attached to an aromatic ring is 1. The fourth-order valence-electron chi connectivity index (χ4n) is 2.93. The van der Waals surface area contributed by atoms with E-state index < -0.39 is 0 Å². The van der Waals surface area contributed by atoms with Gasteiger partial charge < -0.3 is 10.3 Å². The Bertz CT molecular complexity index is 495. The minimum absolute atomic E-state index is 0.0442. The summed E-state index contributed by atoms with van der Waals surface area (Å²) in [6.07, 6.45) is 5.06. The third-order valence-electron chi connectivity index (χ3n) is 4.19. The van der Waals surface area contributed by atoms with Gasteiger partial charge in [-0.1, -0.05) is 26.7 Å². The topological polar surface area (TPSA) is 71.2 Å². The second-order valence-corrected chi connectivity index (χ2v) is 6.30. The van der Waals surface area contributed by atoms with Gasteiger partial charge >= 0.3 is 0 Å². The van der Waals surface area contributed by atoms with Crippen molar-refractivity contribution in [3.05, 3.63) is 23.4 Å². The van der Waals surface area contributed by atoms with Crippen molar-refractivity contribution in [2.75, 3.05) is 19.0 Å². The maximum atomic E-state index is 12.6. The number of pyridine rings is 1. The summed E-state index contributed by atoms with van der Waals surface area (Å²) >= 11 is 0. The highest BCUT2D eigenvalue weighted by Gasteiger charge is 2.21. The van der Waals surface area contributed by atoms with Gasteiger partial charge in [-0.05, 0) is 36.8 Å². The first-order valence-corrected chi connectivity index (χ1v) is 7.75. The monoisotopic (exact) mass is 290 g/mol. The zero-order chi connectivity index (χ0) is 15.4. The molecule has 21 heavy (non-hydrogen) atoms. The molecule has 3 N–H and O–H groups in total. The highest BCUT2D eigenvalue weighted by Crippen LogP contribution is 2.26. The summed E-state index contributed by atoms with van der Waals surface area (Å²) in [5, 5.41) is 0. The van der Waals surface area contributed by atoms with E-state index in [1.54, 1.807) is 6.07 Å². The van der Waals surface area contributed by atoms with Gasteiger partial charge in [0.15, 0.2) is 0 Å². The Balaban J connectivity index is 2.14. The van der Waals surface area contributed by atoms with E-state index in [9.17, 15) is 4.79 Å². The number of anilines is 1. The summed E-state index contributed by atoms with van der Waals surface area (Å²) < 4.78 is 0. The quantitative estimate of drug-likeness (QED) is 0.646. The molecule has 5 heteroatoms. The molecule has 1 aromatic heterocycles. The number of hydrazine groups is 1. The van der Waals surface area contributed by atoms with Crippen molar-refractivity contribution in [2.45, 2.75) is 45.4 Å². The first-order chi connectivity index (χ1) is 10.0. The molecule has 0 bridgehead atoms. The number of amides is 1. The number of hydrogen-bond acceptors (Lipinski definition) is 4. The summed E-state index contributed by atoms with van der Waals surface area (Å²) in [6, 6.07) is 3.60. The Morgan fingerprint density at radius 2 is 2.10 bits per heavy atom. The maximum Gasteiger partial charge on any atom is 0.253 e. The zero-order valence-electron chi connectivity index (χ0n) is 13.2. The van der Waals surface area contributed by atoms with Crippen LogP contribution in [-0.2, 0) is 0 Å². The van der Waals surface area contributed by atoms with E-state index >= 15 is 0 Å². The van der Waals surface area contributed by atoms with Crippen LogP contribution in [0, 0.1) is 5.92 Å². The third-order valence-corrected chi connectivity index (χ3v) is 4.19. The lowest BCUT2D eigenvalue weighted by Gasteiger charge is -2.22. The standard InChI is InChI=1S/C16H26N4O/c1-11(2)14-8-13(9-15(18-14)19-17)16(21)20(3)10-12-6-4-5-7-12/h8-9,11-12H,4-7,10,17H2,1-3H3,(H,18,19). The van der Waals surface area contributed by atoms with Crippen molar-refractivity contribution in [1.82, 2.24) is 9.88 Å². The highest BCUT2D eigenvalue weighted by molar-refractivity contribution is 5.94. The van der Waals surface area contributed by atoms with Gasteiger partial charge in [-0.2, -0.15) is 0 Å². The maximum absolute atomic E-state index is 12.6. The van der Waals surface area contributed by atoms with Crippen LogP contribution in [0.3, 0.4) is 0 Å². The van der Waals surface area contributed by atoms with Crippen LogP contribution < -0.4 is 11.3 Å². The lowest BCUT2D eigenvalue weighted by molar-refractivity contribution is 0.0773. The van der Waals surface area contributed by atoms with Crippen molar-refractivity contribution < 1.29 is 4.79 Å². The number of carbonyl (C=O) groups is 1. The number of aromatic nitrogens is 1. The molecule has 0 atom stereocenters. The number of carbonyl (C=O) groups excluding carboxylic acids is 1. The molecule has 2 rings (SSSR count). The summed E-state index contributed by atoms with van der Waals surface area (Å²) in [7, 11) is 1.88. The van der Waals surface area contributed by atoms with Crippen LogP contribution in [0.4, 0.5) is 5.82 Å². The van der Waals surface area contributed by atoms with E-state index in [2.05, 4.69) is 24.3 Å². The van der Waals surface area contributed by atoms with Crippen LogP contribution in [0.1, 0.15) is 61.5 Å². The molecule has 1 saturated carbocycles. The van der Waals surface area contributed by atoms with Gasteiger partial charge in [-0.15, -0.1) is 0 Å². The number of nitrogens with two attached hydrogens (primary N) is 1. The molecule has 1 heterocycles. The molecule has 1 aliphatic carbocycles. The van der Waals surface area contributed by atoms with Crippen molar-refractivity contribution in [3.8, 4) is 0 Å². The minimum Gasteiger partial charge on any atom is -0.341 e. The average molecular weight is 290 g/mol. The molecule has 0 aromatic carbocycles. The molecule has 0 radical (unpaired) electrons. The van der Waals surface area contributed by atoms with E-state index in [4.69, 9.17) is 5.84 Å². The number of nitrogens with one attached hydrogen (secondary N) is 1. The predicted octanol–water partition coefficient (Wildman–Crippen LogP) is 2.75. The van der Waals surface area contributed by atoms with Gasteiger partial charge in [0.2, 0.25) is 0 Å². The highest BCUT2D eigenvalue weighted by atomic mass is 16.2. The molecule has 0 spiro atoms. The molecule has 1 aromatic rings. The zero-order valence-corrected chi connectivity index (χ0v) is 13.2. The Morgan fingerprint density at radius 1 is 1.43 bits per heavy atom. The van der Waals surface area contributed by atoms with Gasteiger partial charge in [0.05, 0.1) is 0 Å². The van der Waals surface area contributed by atoms with E-state index in [0.29, 0.717) is 17.3 Å².